The van der Waals surface area contributed by atoms with E-state index < -0.39 is 18.1 Å². The van der Waals surface area contributed by atoms with Crippen LogP contribution >= 0.6 is 0 Å². The largest absolute Gasteiger partial charge is 0.462 e. The van der Waals surface area contributed by atoms with E-state index in [0.717, 1.165) is 5.57 Å². The van der Waals surface area contributed by atoms with Crippen molar-refractivity contribution in [1.82, 2.24) is 5.32 Å². The molecule has 0 bridgehead atoms. The molecule has 24 heavy (non-hydrogen) atoms. The molecule has 4 heteroatoms. The molecule has 2 unspecified atom stereocenters. The highest BCUT2D eigenvalue weighted by molar-refractivity contribution is 5.76. The third kappa shape index (κ3) is 8.46. The molecule has 0 saturated carbocycles. The minimum atomic E-state index is -0.837. The van der Waals surface area contributed by atoms with Gasteiger partial charge in [-0.2, -0.15) is 0 Å². The minimum absolute atomic E-state index is 0.214. The molecule has 4 nitrogen and oxygen atoms in total. The third-order valence-electron chi connectivity index (χ3n) is 3.12. The molecule has 0 fully saturated rings. The van der Waals surface area contributed by atoms with Crippen molar-refractivity contribution >= 4 is 5.97 Å². The Labute approximate surface area is 144 Å². The predicted molar refractivity (Wildman–Crippen MR) is 98.5 cm³/mol. The highest BCUT2D eigenvalue weighted by Gasteiger charge is 2.25. The van der Waals surface area contributed by atoms with E-state index in [4.69, 9.17) is 4.74 Å². The summed E-state index contributed by atoms with van der Waals surface area (Å²) in [6, 6.07) is -0.759. The van der Waals surface area contributed by atoms with Crippen LogP contribution in [0.1, 0.15) is 20.8 Å². The molecule has 1 aliphatic rings. The minimum Gasteiger partial charge on any atom is -0.462 e. The zero-order valence-electron chi connectivity index (χ0n) is 14.6. The van der Waals surface area contributed by atoms with Crippen LogP contribution in [0.2, 0.25) is 0 Å². The lowest BCUT2D eigenvalue weighted by Gasteiger charge is -2.21. The van der Waals surface area contributed by atoms with E-state index in [0.29, 0.717) is 6.54 Å². The topological polar surface area (TPSA) is 58.6 Å². The van der Waals surface area contributed by atoms with Gasteiger partial charge in [-0.3, -0.25) is 10.1 Å². The molecule has 1 rings (SSSR count). The quantitative estimate of drug-likeness (QED) is 0.736. The monoisotopic (exact) mass is 329 g/mol. The number of ether oxygens (including phenoxy) is 1. The van der Waals surface area contributed by atoms with Crippen molar-refractivity contribution < 1.29 is 14.6 Å². The van der Waals surface area contributed by atoms with E-state index in [1.165, 1.54) is 0 Å². The first-order valence-corrected chi connectivity index (χ1v) is 8.16. The number of hydrogen-bond acceptors (Lipinski definition) is 4. The molecule has 0 radical (unpaired) electrons. The van der Waals surface area contributed by atoms with E-state index in [2.05, 4.69) is 5.32 Å². The molecule has 2 N–H and O–H groups in total. The summed E-state index contributed by atoms with van der Waals surface area (Å²) >= 11 is 0. The molecule has 0 aromatic carbocycles. The summed E-state index contributed by atoms with van der Waals surface area (Å²) in [5.41, 5.74) is 0.983. The van der Waals surface area contributed by atoms with Gasteiger partial charge in [-0.05, 0) is 26.3 Å². The highest BCUT2D eigenvalue weighted by atomic mass is 16.5. The van der Waals surface area contributed by atoms with Gasteiger partial charge in [-0.15, -0.1) is 0 Å². The molecule has 2 atom stereocenters. The Bertz CT molecular complexity index is 563. The van der Waals surface area contributed by atoms with Crippen molar-refractivity contribution in [2.75, 3.05) is 6.54 Å². The molecule has 0 aliphatic heterocycles. The van der Waals surface area contributed by atoms with Gasteiger partial charge in [-0.25, -0.2) is 0 Å². The molecule has 1 aliphatic carbocycles. The highest BCUT2D eigenvalue weighted by Crippen LogP contribution is 2.04. The van der Waals surface area contributed by atoms with Crippen molar-refractivity contribution in [3.63, 3.8) is 0 Å². The Kier molecular flexibility index (Phi) is 9.42. The van der Waals surface area contributed by atoms with Crippen LogP contribution in [-0.2, 0) is 9.53 Å². The lowest BCUT2D eigenvalue weighted by molar-refractivity contribution is -0.152. The molecule has 0 spiro atoms. The van der Waals surface area contributed by atoms with E-state index in [1.807, 2.05) is 66.8 Å². The lowest BCUT2D eigenvalue weighted by Crippen LogP contribution is -2.47. The molecule has 130 valence electrons. The molecule has 0 heterocycles. The van der Waals surface area contributed by atoms with Gasteiger partial charge in [0.15, 0.2) is 0 Å². The number of hydrogen-bond donors (Lipinski definition) is 2. The van der Waals surface area contributed by atoms with Crippen LogP contribution in [0.5, 0.6) is 0 Å². The molecule has 0 amide bonds. The summed E-state index contributed by atoms with van der Waals surface area (Å²) in [6.45, 7) is 5.59. The van der Waals surface area contributed by atoms with Crippen molar-refractivity contribution in [3.05, 3.63) is 72.4 Å². The van der Waals surface area contributed by atoms with E-state index >= 15 is 0 Å². The van der Waals surface area contributed by atoms with Crippen molar-refractivity contribution in [1.29, 1.82) is 0 Å². The summed E-state index contributed by atoms with van der Waals surface area (Å²) in [7, 11) is 0. The van der Waals surface area contributed by atoms with Crippen molar-refractivity contribution in [2.24, 2.45) is 0 Å². The van der Waals surface area contributed by atoms with Crippen LogP contribution in [0.3, 0.4) is 0 Å². The van der Waals surface area contributed by atoms with E-state index in [1.54, 1.807) is 20.8 Å². The van der Waals surface area contributed by atoms with E-state index in [-0.39, 0.29) is 6.10 Å². The summed E-state index contributed by atoms with van der Waals surface area (Å²) in [5.74, 6) is -0.443. The maximum Gasteiger partial charge on any atom is 0.326 e. The molecule has 0 aromatic heterocycles. The van der Waals surface area contributed by atoms with Gasteiger partial charge in [0.25, 0.3) is 0 Å². The Morgan fingerprint density at radius 1 is 1.00 bits per heavy atom. The van der Waals surface area contributed by atoms with Gasteiger partial charge < -0.3 is 9.84 Å². The van der Waals surface area contributed by atoms with Gasteiger partial charge in [0.1, 0.15) is 6.04 Å². The maximum atomic E-state index is 12.1. The fraction of sp³-hybridized carbons (Fsp3) is 0.350. The SMILES string of the molecule is CC(C)OC(=O)C(NCC1=C\C=C/C=C\C=C/C=C\C=C1)C(C)O. The number of esters is 1. The van der Waals surface area contributed by atoms with Crippen molar-refractivity contribution in [2.45, 2.75) is 39.0 Å². The van der Waals surface area contributed by atoms with Gasteiger partial charge in [0, 0.05) is 6.54 Å². The summed E-state index contributed by atoms with van der Waals surface area (Å²) in [4.78, 5) is 12.1. The number of carbonyl (C=O) groups is 1. The van der Waals surface area contributed by atoms with Crippen LogP contribution in [-0.4, -0.2) is 35.9 Å². The average Bonchev–Trinajstić information content (AvgIpc) is 2.48. The number of rotatable bonds is 6. The normalized spacial score (nSPS) is 22.5. The Balaban J connectivity index is 2.77. The first-order valence-electron chi connectivity index (χ1n) is 8.16. The second-order valence-electron chi connectivity index (χ2n) is 5.73. The first kappa shape index (κ1) is 19.9. The third-order valence-corrected chi connectivity index (χ3v) is 3.12. The average molecular weight is 329 g/mol. The van der Waals surface area contributed by atoms with Crippen molar-refractivity contribution in [3.8, 4) is 0 Å². The molecular formula is C20H27NO3. The first-order chi connectivity index (χ1) is 11.5. The van der Waals surface area contributed by atoms with Gasteiger partial charge >= 0.3 is 5.97 Å². The standard InChI is InChI=1S/C20H27NO3/c1-16(2)24-20(23)19(17(3)22)21-15-18-13-11-9-7-5-4-6-8-10-12-14-18/h4-14,16-17,19,21-22H,15H2,1-3H3/b5-4-,6-4?,7-5?,8-6-,9-7-,10-8?,11-9?,12-10-,13-11?,14-12?,18-13?,18-14?. The lowest BCUT2D eigenvalue weighted by atomic mass is 10.1. The van der Waals surface area contributed by atoms with Crippen LogP contribution in [0.15, 0.2) is 72.4 Å². The zero-order chi connectivity index (χ0) is 17.8. The van der Waals surface area contributed by atoms with Gasteiger partial charge in [0.2, 0.25) is 0 Å². The van der Waals surface area contributed by atoms with E-state index in [9.17, 15) is 9.90 Å². The zero-order valence-corrected chi connectivity index (χ0v) is 14.6. The second kappa shape index (κ2) is 11.4. The summed E-state index contributed by atoms with van der Waals surface area (Å²) in [6.07, 6.45) is 20.3. The van der Waals surface area contributed by atoms with Crippen LogP contribution in [0.25, 0.3) is 0 Å². The fourth-order valence-electron chi connectivity index (χ4n) is 1.97. The van der Waals surface area contributed by atoms with Gasteiger partial charge in [0.05, 0.1) is 12.2 Å². The second-order valence-corrected chi connectivity index (χ2v) is 5.73. The van der Waals surface area contributed by atoms with Gasteiger partial charge in [-0.1, -0.05) is 66.8 Å². The Hall–Kier alpha value is -2.17. The van der Waals surface area contributed by atoms with Crippen LogP contribution < -0.4 is 5.32 Å². The Morgan fingerprint density at radius 2 is 1.54 bits per heavy atom. The molecule has 0 saturated heterocycles. The number of nitrogens with one attached hydrogen (secondary N) is 1. The summed E-state index contributed by atoms with van der Waals surface area (Å²) in [5, 5.41) is 12.9. The molecule has 0 aromatic rings. The molecular weight excluding hydrogens is 302 g/mol. The van der Waals surface area contributed by atoms with Crippen LogP contribution in [0, 0.1) is 0 Å². The number of aliphatic hydroxyl groups excluding tert-OH is 1. The Morgan fingerprint density at radius 3 is 2.08 bits per heavy atom. The number of aliphatic hydroxyl groups is 1. The fourth-order valence-corrected chi connectivity index (χ4v) is 1.97. The number of allylic oxidation sites excluding steroid dienone is 10. The number of carbonyl (C=O) groups excluding carboxylic acids is 1. The summed E-state index contributed by atoms with van der Waals surface area (Å²) < 4.78 is 5.18. The smallest absolute Gasteiger partial charge is 0.326 e. The van der Waals surface area contributed by atoms with Crippen LogP contribution in [0.4, 0.5) is 0 Å². The maximum absolute atomic E-state index is 12.1. The predicted octanol–water partition coefficient (Wildman–Crippen LogP) is 3.00.